The molecule has 0 spiro atoms. The first kappa shape index (κ1) is 21.9. The van der Waals surface area contributed by atoms with Crippen molar-refractivity contribution in [1.82, 2.24) is 39.7 Å². The Morgan fingerprint density at radius 1 is 1.03 bits per heavy atom. The lowest BCUT2D eigenvalue weighted by Gasteiger charge is -2.10. The highest BCUT2D eigenvalue weighted by Crippen LogP contribution is 2.30. The monoisotopic (exact) mass is 472 g/mol. The molecule has 0 unspecified atom stereocenters. The molecule has 0 aliphatic heterocycles. The quantitative estimate of drug-likeness (QED) is 0.350. The number of fused-ring (bicyclic) bond motifs is 1. The van der Waals surface area contributed by atoms with Crippen LogP contribution in [0, 0.1) is 6.92 Å². The van der Waals surface area contributed by atoms with Crippen LogP contribution in [-0.2, 0) is 22.6 Å². The number of esters is 1. The fourth-order valence-corrected chi connectivity index (χ4v) is 3.99. The van der Waals surface area contributed by atoms with E-state index in [4.69, 9.17) is 0 Å². The molecule has 0 fully saturated rings. The number of aromatic amines is 2. The molecule has 35 heavy (non-hydrogen) atoms. The zero-order valence-corrected chi connectivity index (χ0v) is 18.8. The van der Waals surface area contributed by atoms with Crippen molar-refractivity contribution < 1.29 is 9.53 Å². The normalized spacial score (nSPS) is 11.1. The van der Waals surface area contributed by atoms with Crippen LogP contribution >= 0.6 is 0 Å². The van der Waals surface area contributed by atoms with Crippen LogP contribution in [-0.4, -0.2) is 52.8 Å². The van der Waals surface area contributed by atoms with Crippen LogP contribution in [0.1, 0.15) is 11.4 Å². The molecule has 0 aliphatic rings. The van der Waals surface area contributed by atoms with Gasteiger partial charge in [0.15, 0.2) is 11.2 Å². The number of rotatable bonds is 6. The lowest BCUT2D eigenvalue weighted by Crippen LogP contribution is -2.33. The molecule has 176 valence electrons. The Balaban J connectivity index is 1.51. The predicted molar refractivity (Wildman–Crippen MR) is 126 cm³/mol. The van der Waals surface area contributed by atoms with E-state index in [9.17, 15) is 14.4 Å². The Labute approximate surface area is 197 Å². The van der Waals surface area contributed by atoms with Gasteiger partial charge in [-0.2, -0.15) is 5.21 Å². The van der Waals surface area contributed by atoms with Gasteiger partial charge in [-0.1, -0.05) is 48.5 Å². The molecule has 0 amide bonds. The topological polar surface area (TPSA) is 153 Å². The Morgan fingerprint density at radius 3 is 2.46 bits per heavy atom. The number of aromatic nitrogens is 8. The van der Waals surface area contributed by atoms with Crippen LogP contribution in [0.15, 0.2) is 58.1 Å². The highest BCUT2D eigenvalue weighted by molar-refractivity contribution is 5.80. The highest BCUT2D eigenvalue weighted by atomic mass is 16.5. The zero-order valence-electron chi connectivity index (χ0n) is 18.8. The number of hydrogen-bond acceptors (Lipinski definition) is 8. The van der Waals surface area contributed by atoms with Gasteiger partial charge in [0.1, 0.15) is 12.4 Å². The van der Waals surface area contributed by atoms with Gasteiger partial charge in [-0.15, -0.1) is 10.2 Å². The number of hydrogen-bond donors (Lipinski definition) is 2. The van der Waals surface area contributed by atoms with Crippen molar-refractivity contribution in [2.75, 3.05) is 7.11 Å². The summed E-state index contributed by atoms with van der Waals surface area (Å²) in [5.74, 6) is 0.410. The third kappa shape index (κ3) is 4.01. The number of imidazole rings is 1. The molecule has 5 aromatic rings. The van der Waals surface area contributed by atoms with E-state index in [1.807, 2.05) is 48.5 Å². The van der Waals surface area contributed by atoms with Gasteiger partial charge in [-0.25, -0.2) is 9.78 Å². The number of carbonyl (C=O) groups is 1. The molecule has 0 bridgehead atoms. The molecule has 0 radical (unpaired) electrons. The van der Waals surface area contributed by atoms with Crippen LogP contribution in [0.3, 0.4) is 0 Å². The number of methoxy groups -OCH3 is 1. The summed E-state index contributed by atoms with van der Waals surface area (Å²) in [6.07, 6.45) is 0. The molecule has 12 heteroatoms. The Morgan fingerprint density at radius 2 is 1.77 bits per heavy atom. The third-order valence-electron chi connectivity index (χ3n) is 5.71. The maximum atomic E-state index is 12.7. The van der Waals surface area contributed by atoms with Crippen molar-refractivity contribution in [1.29, 1.82) is 0 Å². The van der Waals surface area contributed by atoms with E-state index < -0.39 is 17.2 Å². The van der Waals surface area contributed by atoms with Gasteiger partial charge in [0, 0.05) is 12.1 Å². The van der Waals surface area contributed by atoms with Gasteiger partial charge in [0.2, 0.25) is 5.82 Å². The van der Waals surface area contributed by atoms with Crippen molar-refractivity contribution in [3.8, 4) is 22.5 Å². The van der Waals surface area contributed by atoms with Crippen molar-refractivity contribution >= 4 is 17.1 Å². The molecule has 2 N–H and O–H groups in total. The minimum Gasteiger partial charge on any atom is -0.468 e. The number of H-pyrrole nitrogens is 2. The highest BCUT2D eigenvalue weighted by Gasteiger charge is 2.19. The molecule has 0 atom stereocenters. The SMILES string of the molecule is COC(=O)Cn1c(=O)[nH]c(=O)c2c1nc(C)n2Cc1ccc(-c2ccccc2-c2nn[nH]n2)cc1. The van der Waals surface area contributed by atoms with Gasteiger partial charge in [0.05, 0.1) is 7.11 Å². The van der Waals surface area contributed by atoms with Crippen molar-refractivity contribution in [2.24, 2.45) is 0 Å². The standard InChI is InChI=1S/C23H20N8O4/c1-13-24-21-19(22(33)25-23(34)31(21)12-18(32)35-2)30(13)11-14-7-9-15(10-8-14)16-5-3-4-6-17(16)20-26-28-29-27-20/h3-10H,11-12H2,1-2H3,(H,25,33,34)(H,26,27,28,29). The van der Waals surface area contributed by atoms with Crippen LogP contribution in [0.5, 0.6) is 0 Å². The zero-order chi connectivity index (χ0) is 24.5. The Kier molecular flexibility index (Phi) is 5.53. The number of nitrogens with zero attached hydrogens (tertiary/aromatic N) is 6. The molecule has 0 saturated heterocycles. The minimum absolute atomic E-state index is 0.132. The summed E-state index contributed by atoms with van der Waals surface area (Å²) in [5, 5.41) is 14.3. The number of carbonyl (C=O) groups excluding carboxylic acids is 1. The van der Waals surface area contributed by atoms with Crippen molar-refractivity contribution in [3.63, 3.8) is 0 Å². The van der Waals surface area contributed by atoms with Gasteiger partial charge < -0.3 is 9.30 Å². The molecule has 0 saturated carbocycles. The predicted octanol–water partition coefficient (Wildman–Crippen LogP) is 1.26. The molecular formula is C23H20N8O4. The van der Waals surface area contributed by atoms with E-state index in [1.165, 1.54) is 7.11 Å². The van der Waals surface area contributed by atoms with Crippen molar-refractivity contribution in [2.45, 2.75) is 20.0 Å². The average Bonchev–Trinajstić information content (AvgIpc) is 3.51. The molecule has 2 aromatic carbocycles. The fourth-order valence-electron chi connectivity index (χ4n) is 3.99. The summed E-state index contributed by atoms with van der Waals surface area (Å²) in [6.45, 7) is 1.73. The molecule has 3 aromatic heterocycles. The van der Waals surface area contributed by atoms with E-state index in [2.05, 4.69) is 35.3 Å². The first-order valence-electron chi connectivity index (χ1n) is 10.6. The second kappa shape index (κ2) is 8.82. The second-order valence-corrected chi connectivity index (χ2v) is 7.82. The van der Waals surface area contributed by atoms with Crippen LogP contribution < -0.4 is 11.2 Å². The summed E-state index contributed by atoms with van der Waals surface area (Å²) >= 11 is 0. The van der Waals surface area contributed by atoms with E-state index >= 15 is 0 Å². The maximum absolute atomic E-state index is 12.7. The molecule has 12 nitrogen and oxygen atoms in total. The van der Waals surface area contributed by atoms with Gasteiger partial charge in [-0.3, -0.25) is 19.1 Å². The lowest BCUT2D eigenvalue weighted by molar-refractivity contribution is -0.141. The molecule has 0 aliphatic carbocycles. The summed E-state index contributed by atoms with van der Waals surface area (Å²) in [5.41, 5.74) is 2.72. The van der Waals surface area contributed by atoms with Crippen molar-refractivity contribution in [3.05, 3.63) is 80.8 Å². The summed E-state index contributed by atoms with van der Waals surface area (Å²) < 4.78 is 7.48. The fraction of sp³-hybridized carbons (Fsp3) is 0.174. The van der Waals surface area contributed by atoms with Gasteiger partial charge >= 0.3 is 11.7 Å². The molecule has 3 heterocycles. The van der Waals surface area contributed by atoms with Crippen LogP contribution in [0.4, 0.5) is 0 Å². The first-order chi connectivity index (χ1) is 17.0. The van der Waals surface area contributed by atoms with Gasteiger partial charge in [0.25, 0.3) is 5.56 Å². The number of ether oxygens (including phenoxy) is 1. The van der Waals surface area contributed by atoms with E-state index in [1.54, 1.807) is 11.5 Å². The Bertz CT molecular complexity index is 1650. The first-order valence-corrected chi connectivity index (χ1v) is 10.6. The molecular weight excluding hydrogens is 452 g/mol. The van der Waals surface area contributed by atoms with E-state index in [-0.39, 0.29) is 17.7 Å². The minimum atomic E-state index is -0.720. The Hall–Kier alpha value is -4.87. The molecule has 5 rings (SSSR count). The van der Waals surface area contributed by atoms with E-state index in [0.717, 1.165) is 26.8 Å². The number of aryl methyl sites for hydroxylation is 1. The average molecular weight is 472 g/mol. The van der Waals surface area contributed by atoms with Crippen LogP contribution in [0.2, 0.25) is 0 Å². The lowest BCUT2D eigenvalue weighted by atomic mass is 9.98. The number of nitrogens with one attached hydrogen (secondary N) is 2. The number of tetrazole rings is 1. The smallest absolute Gasteiger partial charge is 0.330 e. The third-order valence-corrected chi connectivity index (χ3v) is 5.71. The maximum Gasteiger partial charge on any atom is 0.330 e. The number of benzene rings is 2. The second-order valence-electron chi connectivity index (χ2n) is 7.82. The summed E-state index contributed by atoms with van der Waals surface area (Å²) in [4.78, 5) is 43.4. The summed E-state index contributed by atoms with van der Waals surface area (Å²) in [6, 6.07) is 15.6. The largest absolute Gasteiger partial charge is 0.468 e. The van der Waals surface area contributed by atoms with E-state index in [0.29, 0.717) is 18.2 Å². The summed E-state index contributed by atoms with van der Waals surface area (Å²) in [7, 11) is 1.23. The van der Waals surface area contributed by atoms with Gasteiger partial charge in [-0.05, 0) is 28.8 Å². The van der Waals surface area contributed by atoms with Crippen LogP contribution in [0.25, 0.3) is 33.7 Å².